The smallest absolute Gasteiger partial charge is 0.324 e. The second-order valence-corrected chi connectivity index (χ2v) is 4.66. The van der Waals surface area contributed by atoms with E-state index in [2.05, 4.69) is 10.2 Å². The molecule has 0 aliphatic carbocycles. The van der Waals surface area contributed by atoms with Gasteiger partial charge in [0.25, 0.3) is 0 Å². The zero-order valence-corrected chi connectivity index (χ0v) is 11.2. The number of hydrogen-bond acceptors (Lipinski definition) is 4. The lowest BCUT2D eigenvalue weighted by atomic mass is 10.1. The fourth-order valence-corrected chi connectivity index (χ4v) is 2.28. The van der Waals surface area contributed by atoms with Crippen molar-refractivity contribution in [2.75, 3.05) is 33.3 Å². The predicted molar refractivity (Wildman–Crippen MR) is 69.0 cm³/mol. The van der Waals surface area contributed by atoms with Crippen LogP contribution in [-0.2, 0) is 9.53 Å². The molecule has 100 valence electrons. The van der Waals surface area contributed by atoms with Crippen LogP contribution >= 0.6 is 0 Å². The molecule has 0 bridgehead atoms. The standard InChI is InChI=1S/C13H26N2O2/c1-3-17-13(16)12(14-2)11-15-9-7-5-4-6-8-10-15/h12,14H,3-11H2,1-2H3. The first-order valence-corrected chi connectivity index (χ1v) is 6.84. The van der Waals surface area contributed by atoms with Crippen LogP contribution in [0.3, 0.4) is 0 Å². The van der Waals surface area contributed by atoms with Crippen LogP contribution in [-0.4, -0.2) is 50.2 Å². The Labute approximate surface area is 105 Å². The molecule has 1 aliphatic rings. The van der Waals surface area contributed by atoms with Crippen LogP contribution in [0.4, 0.5) is 0 Å². The third-order valence-corrected chi connectivity index (χ3v) is 3.31. The van der Waals surface area contributed by atoms with E-state index in [9.17, 15) is 4.79 Å². The van der Waals surface area contributed by atoms with Gasteiger partial charge in [-0.05, 0) is 39.9 Å². The summed E-state index contributed by atoms with van der Waals surface area (Å²) in [5, 5.41) is 3.05. The number of esters is 1. The summed E-state index contributed by atoms with van der Waals surface area (Å²) in [4.78, 5) is 14.1. The van der Waals surface area contributed by atoms with Crippen molar-refractivity contribution in [3.05, 3.63) is 0 Å². The predicted octanol–water partition coefficient (Wildman–Crippen LogP) is 1.40. The highest BCUT2D eigenvalue weighted by Crippen LogP contribution is 2.10. The zero-order valence-electron chi connectivity index (χ0n) is 11.2. The number of likely N-dealkylation sites (tertiary alicyclic amines) is 1. The molecule has 1 N–H and O–H groups in total. The van der Waals surface area contributed by atoms with E-state index in [1.165, 1.54) is 32.1 Å². The van der Waals surface area contributed by atoms with E-state index in [0.29, 0.717) is 6.61 Å². The molecule has 0 radical (unpaired) electrons. The molecule has 1 fully saturated rings. The molecule has 0 aromatic heterocycles. The summed E-state index contributed by atoms with van der Waals surface area (Å²) < 4.78 is 5.06. The lowest BCUT2D eigenvalue weighted by molar-refractivity contribution is -0.146. The van der Waals surface area contributed by atoms with Crippen molar-refractivity contribution in [3.8, 4) is 0 Å². The Morgan fingerprint density at radius 3 is 2.35 bits per heavy atom. The lowest BCUT2D eigenvalue weighted by Crippen LogP contribution is -2.46. The van der Waals surface area contributed by atoms with Gasteiger partial charge in [0.15, 0.2) is 0 Å². The highest BCUT2D eigenvalue weighted by Gasteiger charge is 2.21. The third-order valence-electron chi connectivity index (χ3n) is 3.31. The van der Waals surface area contributed by atoms with Gasteiger partial charge in [0.1, 0.15) is 6.04 Å². The monoisotopic (exact) mass is 242 g/mol. The summed E-state index contributed by atoms with van der Waals surface area (Å²) in [5.41, 5.74) is 0. The normalized spacial score (nSPS) is 20.4. The van der Waals surface area contributed by atoms with Crippen molar-refractivity contribution in [1.29, 1.82) is 0 Å². The minimum absolute atomic E-state index is 0.128. The van der Waals surface area contributed by atoms with Crippen molar-refractivity contribution < 1.29 is 9.53 Å². The van der Waals surface area contributed by atoms with Crippen LogP contribution in [0.2, 0.25) is 0 Å². The molecular formula is C13H26N2O2. The van der Waals surface area contributed by atoms with Gasteiger partial charge in [-0.25, -0.2) is 0 Å². The van der Waals surface area contributed by atoms with E-state index >= 15 is 0 Å². The topological polar surface area (TPSA) is 41.6 Å². The van der Waals surface area contributed by atoms with Gasteiger partial charge in [0.2, 0.25) is 0 Å². The Balaban J connectivity index is 2.39. The summed E-state index contributed by atoms with van der Waals surface area (Å²) in [6, 6.07) is -0.186. The molecule has 0 saturated carbocycles. The summed E-state index contributed by atoms with van der Waals surface area (Å²) in [6.07, 6.45) is 6.50. The molecule has 4 nitrogen and oxygen atoms in total. The molecule has 0 aromatic rings. The van der Waals surface area contributed by atoms with Crippen LogP contribution in [0.1, 0.15) is 39.0 Å². The SMILES string of the molecule is CCOC(=O)C(CN1CCCCCCC1)NC. The maximum absolute atomic E-state index is 11.7. The minimum atomic E-state index is -0.186. The fraction of sp³-hybridized carbons (Fsp3) is 0.923. The van der Waals surface area contributed by atoms with Crippen molar-refractivity contribution in [2.45, 2.75) is 45.1 Å². The Kier molecular flexibility index (Phi) is 7.21. The third kappa shape index (κ3) is 5.50. The molecule has 17 heavy (non-hydrogen) atoms. The molecule has 1 heterocycles. The number of nitrogens with zero attached hydrogens (tertiary/aromatic N) is 1. The van der Waals surface area contributed by atoms with Gasteiger partial charge >= 0.3 is 5.97 Å². The van der Waals surface area contributed by atoms with Gasteiger partial charge in [-0.1, -0.05) is 19.3 Å². The fourth-order valence-electron chi connectivity index (χ4n) is 2.28. The Morgan fingerprint density at radius 2 is 1.82 bits per heavy atom. The summed E-state index contributed by atoms with van der Waals surface area (Å²) in [5.74, 6) is -0.128. The summed E-state index contributed by atoms with van der Waals surface area (Å²) in [6.45, 7) is 5.29. The Morgan fingerprint density at radius 1 is 1.24 bits per heavy atom. The molecule has 0 aromatic carbocycles. The van der Waals surface area contributed by atoms with Gasteiger partial charge in [-0.2, -0.15) is 0 Å². The number of carbonyl (C=O) groups is 1. The van der Waals surface area contributed by atoms with Crippen LogP contribution < -0.4 is 5.32 Å². The van der Waals surface area contributed by atoms with E-state index in [1.807, 2.05) is 14.0 Å². The van der Waals surface area contributed by atoms with Crippen LogP contribution in [0.25, 0.3) is 0 Å². The van der Waals surface area contributed by atoms with Crippen LogP contribution in [0.5, 0.6) is 0 Å². The van der Waals surface area contributed by atoms with Gasteiger partial charge in [0.05, 0.1) is 6.61 Å². The highest BCUT2D eigenvalue weighted by atomic mass is 16.5. The lowest BCUT2D eigenvalue weighted by Gasteiger charge is -2.27. The van der Waals surface area contributed by atoms with Crippen LogP contribution in [0, 0.1) is 0 Å². The second-order valence-electron chi connectivity index (χ2n) is 4.66. The van der Waals surface area contributed by atoms with E-state index < -0.39 is 0 Å². The van der Waals surface area contributed by atoms with Gasteiger partial charge in [-0.3, -0.25) is 4.79 Å². The van der Waals surface area contributed by atoms with Gasteiger partial charge in [0, 0.05) is 6.54 Å². The van der Waals surface area contributed by atoms with Crippen molar-refractivity contribution >= 4 is 5.97 Å². The van der Waals surface area contributed by atoms with Crippen LogP contribution in [0.15, 0.2) is 0 Å². The molecule has 1 atom stereocenters. The number of rotatable bonds is 5. The van der Waals surface area contributed by atoms with Crippen molar-refractivity contribution in [2.24, 2.45) is 0 Å². The van der Waals surface area contributed by atoms with Crippen molar-refractivity contribution in [1.82, 2.24) is 10.2 Å². The van der Waals surface area contributed by atoms with E-state index in [-0.39, 0.29) is 12.0 Å². The number of nitrogens with one attached hydrogen (secondary N) is 1. The Bertz CT molecular complexity index is 213. The highest BCUT2D eigenvalue weighted by molar-refractivity contribution is 5.76. The maximum atomic E-state index is 11.7. The van der Waals surface area contributed by atoms with Crippen molar-refractivity contribution in [3.63, 3.8) is 0 Å². The number of carbonyl (C=O) groups excluding carboxylic acids is 1. The molecule has 1 rings (SSSR count). The summed E-state index contributed by atoms with van der Waals surface area (Å²) >= 11 is 0. The molecule has 4 heteroatoms. The molecule has 1 saturated heterocycles. The largest absolute Gasteiger partial charge is 0.465 e. The van der Waals surface area contributed by atoms with E-state index in [4.69, 9.17) is 4.74 Å². The minimum Gasteiger partial charge on any atom is -0.465 e. The number of ether oxygens (including phenoxy) is 1. The number of hydrogen-bond donors (Lipinski definition) is 1. The molecule has 1 aliphatic heterocycles. The first-order chi connectivity index (χ1) is 8.27. The Hall–Kier alpha value is -0.610. The molecule has 0 amide bonds. The van der Waals surface area contributed by atoms with Gasteiger partial charge < -0.3 is 15.0 Å². The summed E-state index contributed by atoms with van der Waals surface area (Å²) in [7, 11) is 1.83. The zero-order chi connectivity index (χ0) is 12.5. The first-order valence-electron chi connectivity index (χ1n) is 6.84. The molecule has 1 unspecified atom stereocenters. The quantitative estimate of drug-likeness (QED) is 0.740. The average molecular weight is 242 g/mol. The average Bonchev–Trinajstić information content (AvgIpc) is 2.28. The number of likely N-dealkylation sites (N-methyl/N-ethyl adjacent to an activating group) is 1. The van der Waals surface area contributed by atoms with Gasteiger partial charge in [-0.15, -0.1) is 0 Å². The first kappa shape index (κ1) is 14.5. The molecule has 0 spiro atoms. The van der Waals surface area contributed by atoms with E-state index in [1.54, 1.807) is 0 Å². The van der Waals surface area contributed by atoms with E-state index in [0.717, 1.165) is 19.6 Å². The maximum Gasteiger partial charge on any atom is 0.324 e. The molecular weight excluding hydrogens is 216 g/mol. The second kappa shape index (κ2) is 8.48.